The Bertz CT molecular complexity index is 1030. The molecule has 1 fully saturated rings. The molecule has 1 aliphatic rings. The summed E-state index contributed by atoms with van der Waals surface area (Å²) in [4.78, 5) is 9.09. The van der Waals surface area contributed by atoms with Crippen molar-refractivity contribution >= 4 is 11.0 Å². The van der Waals surface area contributed by atoms with Crippen LogP contribution in [0.2, 0.25) is 0 Å². The molecule has 1 aliphatic heterocycles. The lowest BCUT2D eigenvalue weighted by molar-refractivity contribution is 0.192. The van der Waals surface area contributed by atoms with Crippen molar-refractivity contribution in [1.82, 2.24) is 24.9 Å². The lowest BCUT2D eigenvalue weighted by Gasteiger charge is -2.03. The maximum Gasteiger partial charge on any atom is 0.259 e. The van der Waals surface area contributed by atoms with Crippen molar-refractivity contribution in [2.24, 2.45) is 0 Å². The highest BCUT2D eigenvalue weighted by Gasteiger charge is 2.23. The first-order valence-corrected chi connectivity index (χ1v) is 8.64. The second-order valence-electron chi connectivity index (χ2n) is 6.44. The molecular weight excluding hydrogens is 330 g/mol. The number of aromatic nitrogens is 5. The Morgan fingerprint density at radius 2 is 2.08 bits per heavy atom. The molecule has 26 heavy (non-hydrogen) atoms. The third kappa shape index (κ3) is 2.76. The van der Waals surface area contributed by atoms with E-state index in [2.05, 4.69) is 32.4 Å². The molecule has 0 unspecified atom stereocenters. The van der Waals surface area contributed by atoms with E-state index < -0.39 is 0 Å². The van der Waals surface area contributed by atoms with E-state index >= 15 is 0 Å². The normalized spacial score (nSPS) is 17.2. The third-order valence-electron chi connectivity index (χ3n) is 4.63. The summed E-state index contributed by atoms with van der Waals surface area (Å²) in [6.45, 7) is 2.09. The number of pyridine rings is 1. The quantitative estimate of drug-likeness (QED) is 0.565. The summed E-state index contributed by atoms with van der Waals surface area (Å²) in [5.41, 5.74) is 2.82. The summed E-state index contributed by atoms with van der Waals surface area (Å²) in [5, 5.41) is 9.51. The summed E-state index contributed by atoms with van der Waals surface area (Å²) in [7, 11) is 0. The van der Waals surface area contributed by atoms with Gasteiger partial charge in [0.05, 0.1) is 24.9 Å². The maximum absolute atomic E-state index is 5.43. The van der Waals surface area contributed by atoms with Crippen molar-refractivity contribution in [2.45, 2.75) is 18.9 Å². The van der Waals surface area contributed by atoms with Gasteiger partial charge < -0.3 is 9.26 Å². The number of nitrogens with zero attached hydrogens (tertiary/aromatic N) is 5. The van der Waals surface area contributed by atoms with E-state index in [1.165, 1.54) is 5.56 Å². The zero-order valence-electron chi connectivity index (χ0n) is 14.1. The van der Waals surface area contributed by atoms with Crippen LogP contribution in [0.1, 0.15) is 23.7 Å². The first kappa shape index (κ1) is 15.2. The smallest absolute Gasteiger partial charge is 0.259 e. The molecule has 0 radical (unpaired) electrons. The van der Waals surface area contributed by atoms with E-state index in [0.717, 1.165) is 29.6 Å². The Morgan fingerprint density at radius 3 is 2.92 bits per heavy atom. The van der Waals surface area contributed by atoms with Crippen LogP contribution >= 0.6 is 0 Å². The lowest BCUT2D eigenvalue weighted by Crippen LogP contribution is -2.02. The van der Waals surface area contributed by atoms with Crippen molar-refractivity contribution in [3.8, 4) is 11.5 Å². The zero-order chi connectivity index (χ0) is 17.3. The number of hydrogen-bond acceptors (Lipinski definition) is 6. The standard InChI is InChI=1S/C19H17N5O2/c1-2-4-13(5-3-1)11-24-18-15(10-21-24)8-16(9-20-18)19-22-17(23-26-19)14-6-7-25-12-14/h1-5,8-10,14H,6-7,11-12H2/t14-/m0/s1. The second-order valence-corrected chi connectivity index (χ2v) is 6.44. The van der Waals surface area contributed by atoms with Crippen LogP contribution < -0.4 is 0 Å². The Labute approximate surface area is 149 Å². The van der Waals surface area contributed by atoms with E-state index in [1.54, 1.807) is 6.20 Å². The number of ether oxygens (including phenoxy) is 1. The second kappa shape index (κ2) is 6.34. The molecule has 4 heterocycles. The molecule has 0 aliphatic carbocycles. The molecule has 0 N–H and O–H groups in total. The average molecular weight is 347 g/mol. The van der Waals surface area contributed by atoms with Crippen LogP contribution in [-0.2, 0) is 11.3 Å². The highest BCUT2D eigenvalue weighted by Crippen LogP contribution is 2.26. The summed E-state index contributed by atoms with van der Waals surface area (Å²) < 4.78 is 12.7. The van der Waals surface area contributed by atoms with E-state index in [1.807, 2.05) is 35.1 Å². The van der Waals surface area contributed by atoms with E-state index in [4.69, 9.17) is 9.26 Å². The first-order valence-electron chi connectivity index (χ1n) is 8.64. The number of benzene rings is 1. The van der Waals surface area contributed by atoms with Crippen LogP contribution in [0.3, 0.4) is 0 Å². The van der Waals surface area contributed by atoms with Gasteiger partial charge in [0.15, 0.2) is 11.5 Å². The topological polar surface area (TPSA) is 78.9 Å². The van der Waals surface area contributed by atoms with Crippen LogP contribution in [0.15, 0.2) is 53.3 Å². The molecule has 0 saturated carbocycles. The summed E-state index contributed by atoms with van der Waals surface area (Å²) >= 11 is 0. The largest absolute Gasteiger partial charge is 0.381 e. The Hall–Kier alpha value is -3.06. The van der Waals surface area contributed by atoms with Crippen LogP contribution in [0, 0.1) is 0 Å². The summed E-state index contributed by atoms with van der Waals surface area (Å²) in [6.07, 6.45) is 4.51. The predicted octanol–water partition coefficient (Wildman–Crippen LogP) is 3.03. The fourth-order valence-corrected chi connectivity index (χ4v) is 3.22. The van der Waals surface area contributed by atoms with E-state index in [9.17, 15) is 0 Å². The molecule has 0 spiro atoms. The fourth-order valence-electron chi connectivity index (χ4n) is 3.22. The molecule has 0 amide bonds. The van der Waals surface area contributed by atoms with Gasteiger partial charge in [-0.3, -0.25) is 0 Å². The average Bonchev–Trinajstić information content (AvgIpc) is 3.43. The fraction of sp³-hybridized carbons (Fsp3) is 0.263. The molecule has 7 heteroatoms. The van der Waals surface area contributed by atoms with E-state index in [0.29, 0.717) is 24.9 Å². The Balaban J connectivity index is 1.44. The minimum atomic E-state index is 0.220. The molecule has 7 nitrogen and oxygen atoms in total. The van der Waals surface area contributed by atoms with Gasteiger partial charge in [-0.2, -0.15) is 10.1 Å². The highest BCUT2D eigenvalue weighted by atomic mass is 16.5. The van der Waals surface area contributed by atoms with E-state index in [-0.39, 0.29) is 5.92 Å². The molecule has 0 bridgehead atoms. The van der Waals surface area contributed by atoms with Crippen molar-refractivity contribution in [1.29, 1.82) is 0 Å². The monoisotopic (exact) mass is 347 g/mol. The number of rotatable bonds is 4. The first-order chi connectivity index (χ1) is 12.9. The zero-order valence-corrected chi connectivity index (χ0v) is 14.1. The molecular formula is C19H17N5O2. The third-order valence-corrected chi connectivity index (χ3v) is 4.63. The SMILES string of the molecule is c1ccc(Cn2ncc3cc(-c4nc([C@H]5CCOC5)no4)cnc32)cc1. The van der Waals surface area contributed by atoms with Crippen molar-refractivity contribution in [3.63, 3.8) is 0 Å². The van der Waals surface area contributed by atoms with Crippen LogP contribution in [0.25, 0.3) is 22.5 Å². The Morgan fingerprint density at radius 1 is 1.15 bits per heavy atom. The van der Waals surface area contributed by atoms with Crippen LogP contribution in [0.5, 0.6) is 0 Å². The number of fused-ring (bicyclic) bond motifs is 1. The number of hydrogen-bond donors (Lipinski definition) is 0. The van der Waals surface area contributed by atoms with Crippen molar-refractivity contribution in [2.75, 3.05) is 13.2 Å². The summed E-state index contributed by atoms with van der Waals surface area (Å²) in [6, 6.07) is 12.2. The predicted molar refractivity (Wildman–Crippen MR) is 94.5 cm³/mol. The molecule has 1 saturated heterocycles. The molecule has 130 valence electrons. The molecule has 5 rings (SSSR count). The van der Waals surface area contributed by atoms with Gasteiger partial charge in [-0.25, -0.2) is 9.67 Å². The maximum atomic E-state index is 5.43. The van der Waals surface area contributed by atoms with Gasteiger partial charge in [-0.05, 0) is 18.1 Å². The highest BCUT2D eigenvalue weighted by molar-refractivity contribution is 5.79. The van der Waals surface area contributed by atoms with Gasteiger partial charge in [0.2, 0.25) is 0 Å². The minimum Gasteiger partial charge on any atom is -0.381 e. The molecule has 4 aromatic rings. The van der Waals surface area contributed by atoms with Crippen molar-refractivity contribution in [3.05, 3.63) is 60.2 Å². The van der Waals surface area contributed by atoms with Crippen LogP contribution in [-0.4, -0.2) is 38.1 Å². The molecule has 1 atom stereocenters. The lowest BCUT2D eigenvalue weighted by atomic mass is 10.1. The van der Waals surface area contributed by atoms with Gasteiger partial charge in [0.25, 0.3) is 5.89 Å². The van der Waals surface area contributed by atoms with Gasteiger partial charge in [-0.15, -0.1) is 0 Å². The van der Waals surface area contributed by atoms with Gasteiger partial charge in [-0.1, -0.05) is 35.5 Å². The van der Waals surface area contributed by atoms with Gasteiger partial charge >= 0.3 is 0 Å². The Kier molecular flexibility index (Phi) is 3.71. The molecule has 3 aromatic heterocycles. The minimum absolute atomic E-state index is 0.220. The molecule has 1 aromatic carbocycles. The van der Waals surface area contributed by atoms with Gasteiger partial charge in [0.1, 0.15) is 0 Å². The van der Waals surface area contributed by atoms with Crippen molar-refractivity contribution < 1.29 is 9.26 Å². The van der Waals surface area contributed by atoms with Crippen LogP contribution in [0.4, 0.5) is 0 Å². The van der Waals surface area contributed by atoms with Gasteiger partial charge in [0, 0.05) is 24.1 Å². The summed E-state index contributed by atoms with van der Waals surface area (Å²) in [5.74, 6) is 1.41.